The number of hydrogen-bond acceptors (Lipinski definition) is 0. The molecule has 2 heterocycles. The van der Waals surface area contributed by atoms with Crippen LogP contribution in [-0.2, 0) is 6.18 Å². The highest BCUT2D eigenvalue weighted by atomic mass is 19.4. The van der Waals surface area contributed by atoms with E-state index in [2.05, 4.69) is 0 Å². The maximum Gasteiger partial charge on any atom is 0.418 e. The summed E-state index contributed by atoms with van der Waals surface area (Å²) in [6, 6.07) is 68.4. The molecule has 0 amide bonds. The van der Waals surface area contributed by atoms with Crippen LogP contribution < -0.4 is 0 Å². The molecule has 0 aliphatic heterocycles. The Kier molecular flexibility index (Phi) is 9.69. The van der Waals surface area contributed by atoms with E-state index in [-0.39, 0.29) is 16.9 Å². The molecule has 10 aromatic carbocycles. The first-order valence-corrected chi connectivity index (χ1v) is 22.3. The zero-order valence-electron chi connectivity index (χ0n) is 36.1. The molecule has 7 heteroatoms. The molecular weight excluding hydrogens is 856 g/mol. The Labute approximate surface area is 388 Å². The van der Waals surface area contributed by atoms with Crippen LogP contribution in [0.15, 0.2) is 224 Å². The van der Waals surface area contributed by atoms with Crippen LogP contribution >= 0.6 is 0 Å². The van der Waals surface area contributed by atoms with Gasteiger partial charge in [0.25, 0.3) is 0 Å². The van der Waals surface area contributed by atoms with Crippen LogP contribution in [0.5, 0.6) is 0 Å². The van der Waals surface area contributed by atoms with Crippen molar-refractivity contribution in [3.8, 4) is 67.0 Å². The van der Waals surface area contributed by atoms with E-state index in [1.165, 1.54) is 12.1 Å². The normalized spacial score (nSPS) is 11.9. The molecule has 12 aromatic rings. The van der Waals surface area contributed by atoms with Crippen molar-refractivity contribution >= 4 is 43.6 Å². The van der Waals surface area contributed by atoms with Crippen LogP contribution in [0.25, 0.3) is 111 Å². The largest absolute Gasteiger partial charge is 0.418 e. The first kappa shape index (κ1) is 40.9. The number of aromatic nitrogens is 2. The second-order valence-corrected chi connectivity index (χ2v) is 17.0. The zero-order chi connectivity index (χ0) is 46.1. The lowest BCUT2D eigenvalue weighted by Gasteiger charge is -2.22. The van der Waals surface area contributed by atoms with E-state index < -0.39 is 28.9 Å². The molecule has 2 nitrogen and oxygen atoms in total. The second kappa shape index (κ2) is 16.1. The molecular formula is C61H37F5N2. The lowest BCUT2D eigenvalue weighted by molar-refractivity contribution is -0.137. The molecule has 0 aliphatic carbocycles. The monoisotopic (exact) mass is 892 g/mol. The minimum absolute atomic E-state index is 0.0245. The average molecular weight is 893 g/mol. The van der Waals surface area contributed by atoms with E-state index in [1.54, 1.807) is 9.13 Å². The summed E-state index contributed by atoms with van der Waals surface area (Å²) < 4.78 is 85.1. The predicted octanol–water partition coefficient (Wildman–Crippen LogP) is 17.5. The van der Waals surface area contributed by atoms with Crippen LogP contribution in [0.2, 0.25) is 0 Å². The van der Waals surface area contributed by atoms with Gasteiger partial charge in [-0.25, -0.2) is 8.78 Å². The van der Waals surface area contributed by atoms with Crippen molar-refractivity contribution in [3.63, 3.8) is 0 Å². The van der Waals surface area contributed by atoms with Gasteiger partial charge in [0.05, 0.1) is 44.6 Å². The molecule has 0 unspecified atom stereocenters. The minimum Gasteiger partial charge on any atom is -0.309 e. The predicted molar refractivity (Wildman–Crippen MR) is 267 cm³/mol. The van der Waals surface area contributed by atoms with Gasteiger partial charge in [-0.05, 0) is 117 Å². The molecule has 0 fully saturated rings. The average Bonchev–Trinajstić information content (AvgIpc) is 3.88. The minimum atomic E-state index is -4.92. The highest BCUT2D eigenvalue weighted by Crippen LogP contribution is 2.47. The van der Waals surface area contributed by atoms with Crippen LogP contribution in [0.4, 0.5) is 22.0 Å². The van der Waals surface area contributed by atoms with Gasteiger partial charge in [-0.2, -0.15) is 13.2 Å². The Bertz CT molecular complexity index is 3680. The summed E-state index contributed by atoms with van der Waals surface area (Å²) in [7, 11) is 0. The quantitative estimate of drug-likeness (QED) is 0.141. The molecule has 0 saturated heterocycles. The van der Waals surface area contributed by atoms with Gasteiger partial charge < -0.3 is 9.13 Å². The molecule has 12 rings (SSSR count). The summed E-state index contributed by atoms with van der Waals surface area (Å²) in [5, 5.41) is 2.98. The zero-order valence-corrected chi connectivity index (χ0v) is 36.1. The van der Waals surface area contributed by atoms with Gasteiger partial charge in [0, 0.05) is 27.1 Å². The standard InChI is InChI=1S/C61H37F5N2/c62-52-22-13-23-53(63)60(52)50-36-59(68-56-30-26-44(40-18-9-3-10-19-40)34-48(56)49-35-45(27-31-57(49)68)41-20-11-4-12-21-41)51(61(64,65)66)37-58(50)67-54-28-24-42(38-14-5-1-6-15-38)32-46(54)47-33-43(25-29-55(47)67)39-16-7-2-8-17-39/h1-37H. The second-order valence-electron chi connectivity index (χ2n) is 17.0. The van der Waals surface area contributed by atoms with Gasteiger partial charge in [-0.1, -0.05) is 152 Å². The first-order chi connectivity index (χ1) is 33.2. The maximum atomic E-state index is 16.5. The van der Waals surface area contributed by atoms with Gasteiger partial charge in [-0.3, -0.25) is 0 Å². The fraction of sp³-hybridized carbons (Fsp3) is 0.0164. The van der Waals surface area contributed by atoms with E-state index >= 15 is 22.0 Å². The van der Waals surface area contributed by atoms with Crippen LogP contribution in [-0.4, -0.2) is 9.13 Å². The van der Waals surface area contributed by atoms with Crippen molar-refractivity contribution in [2.75, 3.05) is 0 Å². The van der Waals surface area contributed by atoms with E-state index in [0.29, 0.717) is 22.1 Å². The number of hydrogen-bond donors (Lipinski definition) is 0. The number of benzene rings is 10. The van der Waals surface area contributed by atoms with Crippen molar-refractivity contribution < 1.29 is 22.0 Å². The fourth-order valence-electron chi connectivity index (χ4n) is 9.94. The number of alkyl halides is 3. The molecule has 0 bridgehead atoms. The summed E-state index contributed by atoms with van der Waals surface area (Å²) in [5.41, 5.74) is 7.83. The molecule has 0 aliphatic rings. The topological polar surface area (TPSA) is 9.86 Å². The van der Waals surface area contributed by atoms with Crippen LogP contribution in [0, 0.1) is 11.6 Å². The molecule has 0 spiro atoms. The Morgan fingerprint density at radius 2 is 0.618 bits per heavy atom. The number of nitrogens with zero attached hydrogens (tertiary/aromatic N) is 2. The highest BCUT2D eigenvalue weighted by Gasteiger charge is 2.37. The number of rotatable bonds is 7. The van der Waals surface area contributed by atoms with Gasteiger partial charge in [-0.15, -0.1) is 0 Å². The van der Waals surface area contributed by atoms with E-state index in [0.717, 1.165) is 84.3 Å². The lowest BCUT2D eigenvalue weighted by Crippen LogP contribution is -2.13. The third-order valence-corrected chi connectivity index (χ3v) is 13.1. The summed E-state index contributed by atoms with van der Waals surface area (Å²) in [6.07, 6.45) is -4.92. The Morgan fingerprint density at radius 3 is 0.941 bits per heavy atom. The van der Waals surface area contributed by atoms with Crippen LogP contribution in [0.3, 0.4) is 0 Å². The van der Waals surface area contributed by atoms with Gasteiger partial charge >= 0.3 is 6.18 Å². The Balaban J connectivity index is 1.19. The smallest absolute Gasteiger partial charge is 0.309 e. The lowest BCUT2D eigenvalue weighted by atomic mass is 9.97. The molecule has 0 saturated carbocycles. The Morgan fingerprint density at radius 1 is 0.294 bits per heavy atom. The number of halogens is 5. The SMILES string of the molecule is Fc1cccc(F)c1-c1cc(-n2c3ccc(-c4ccccc4)cc3c3cc(-c4ccccc4)ccc32)c(C(F)(F)F)cc1-n1c2ccc(-c3ccccc3)cc2c2cc(-c3ccccc3)ccc21. The molecule has 68 heavy (non-hydrogen) atoms. The van der Waals surface area contributed by atoms with Crippen molar-refractivity contribution in [2.24, 2.45) is 0 Å². The molecule has 0 atom stereocenters. The van der Waals surface area contributed by atoms with Crippen molar-refractivity contribution in [1.29, 1.82) is 0 Å². The fourth-order valence-corrected chi connectivity index (χ4v) is 9.94. The number of fused-ring (bicyclic) bond motifs is 6. The van der Waals surface area contributed by atoms with Gasteiger partial charge in [0.2, 0.25) is 0 Å². The van der Waals surface area contributed by atoms with Gasteiger partial charge in [0.1, 0.15) is 11.6 Å². The first-order valence-electron chi connectivity index (χ1n) is 22.3. The summed E-state index contributed by atoms with van der Waals surface area (Å²) in [5.74, 6) is -1.81. The van der Waals surface area contributed by atoms with E-state index in [4.69, 9.17) is 0 Å². The van der Waals surface area contributed by atoms with Crippen LogP contribution in [0.1, 0.15) is 5.56 Å². The van der Waals surface area contributed by atoms with Crippen molar-refractivity contribution in [3.05, 3.63) is 242 Å². The summed E-state index contributed by atoms with van der Waals surface area (Å²) in [4.78, 5) is 0. The summed E-state index contributed by atoms with van der Waals surface area (Å²) >= 11 is 0. The summed E-state index contributed by atoms with van der Waals surface area (Å²) in [6.45, 7) is 0. The highest BCUT2D eigenvalue weighted by molar-refractivity contribution is 6.14. The van der Waals surface area contributed by atoms with Crippen molar-refractivity contribution in [2.45, 2.75) is 6.18 Å². The Hall–Kier alpha value is -8.55. The third kappa shape index (κ3) is 6.85. The van der Waals surface area contributed by atoms with E-state index in [1.807, 2.05) is 194 Å². The molecule has 0 radical (unpaired) electrons. The maximum absolute atomic E-state index is 16.5. The molecule has 2 aromatic heterocycles. The third-order valence-electron chi connectivity index (χ3n) is 13.1. The molecule has 0 N–H and O–H groups in total. The molecule has 326 valence electrons. The van der Waals surface area contributed by atoms with Crippen molar-refractivity contribution in [1.82, 2.24) is 9.13 Å². The van der Waals surface area contributed by atoms with Gasteiger partial charge in [0.15, 0.2) is 0 Å². The van der Waals surface area contributed by atoms with E-state index in [9.17, 15) is 0 Å².